The molecule has 0 aliphatic rings. The lowest BCUT2D eigenvalue weighted by Crippen LogP contribution is -2.82. The van der Waals surface area contributed by atoms with Gasteiger partial charge in [0.05, 0.1) is 11.4 Å². The molecule has 11 heteroatoms. The molecule has 0 saturated heterocycles. The molecule has 11 nitrogen and oxygen atoms in total. The molecule has 1 amide bonds. The number of quaternary nitrogens is 1. The third kappa shape index (κ3) is 4.19. The van der Waals surface area contributed by atoms with E-state index in [4.69, 9.17) is 0 Å². The number of nitrogens with two attached hydrogens (primary N) is 1. The van der Waals surface area contributed by atoms with Crippen LogP contribution < -0.4 is 16.3 Å². The van der Waals surface area contributed by atoms with Crippen LogP contribution in [0, 0.1) is 18.3 Å². The summed E-state index contributed by atoms with van der Waals surface area (Å²) in [7, 11) is 1.45. The van der Waals surface area contributed by atoms with E-state index in [-0.39, 0.29) is 22.8 Å². The third-order valence-electron chi connectivity index (χ3n) is 4.44. The number of aromatic carboxylic acids is 1. The van der Waals surface area contributed by atoms with Crippen molar-refractivity contribution in [3.05, 3.63) is 63.6 Å². The number of carboxylic acid groups (broad SMARTS) is 1. The summed E-state index contributed by atoms with van der Waals surface area (Å²) in [6.45, 7) is 3.82. The number of amides is 1. The molecule has 0 radical (unpaired) electrons. The first kappa shape index (κ1) is 21.4. The SMILES string of the molecule is CCNc1c(C(=O)[NH2+]c2ccc(-n3c(C#N)nn(C)c3=O)cc2)cc(C)nc1C(=O)O. The van der Waals surface area contributed by atoms with E-state index in [9.17, 15) is 24.8 Å². The summed E-state index contributed by atoms with van der Waals surface area (Å²) in [4.78, 5) is 40.7. The van der Waals surface area contributed by atoms with Crippen molar-refractivity contribution in [3.63, 3.8) is 0 Å². The fourth-order valence-electron chi connectivity index (χ4n) is 3.10. The minimum absolute atomic E-state index is 0.0518. The third-order valence-corrected chi connectivity index (χ3v) is 4.44. The Morgan fingerprint density at radius 3 is 2.55 bits per heavy atom. The first-order valence-corrected chi connectivity index (χ1v) is 9.31. The van der Waals surface area contributed by atoms with Crippen molar-refractivity contribution in [1.29, 1.82) is 5.26 Å². The van der Waals surface area contributed by atoms with Gasteiger partial charge in [0.2, 0.25) is 5.82 Å². The number of hydrogen-bond acceptors (Lipinski definition) is 7. The van der Waals surface area contributed by atoms with Crippen LogP contribution in [0.5, 0.6) is 0 Å². The van der Waals surface area contributed by atoms with E-state index in [1.165, 1.54) is 23.0 Å². The van der Waals surface area contributed by atoms with Gasteiger partial charge in [0.1, 0.15) is 17.3 Å². The Kier molecular flexibility index (Phi) is 5.94. The molecule has 2 heterocycles. The molecule has 0 unspecified atom stereocenters. The van der Waals surface area contributed by atoms with Crippen molar-refractivity contribution in [1.82, 2.24) is 19.3 Å². The highest BCUT2D eigenvalue weighted by molar-refractivity contribution is 6.02. The molecule has 0 saturated carbocycles. The standard InChI is InChI=1S/C20H19N7O4/c1-4-22-16-14(9-11(2)23-17(16)19(29)30)18(28)24-12-5-7-13(8-6-12)27-15(10-21)25-26(3)20(27)31/h5-9,22H,4H2,1-3H3,(H,24,28)(H,29,30)/p+1. The van der Waals surface area contributed by atoms with Crippen molar-refractivity contribution in [3.8, 4) is 11.8 Å². The van der Waals surface area contributed by atoms with Crippen LogP contribution in [-0.2, 0) is 7.05 Å². The number of carbonyl (C=O) groups is 2. The number of carboxylic acids is 1. The summed E-state index contributed by atoms with van der Waals surface area (Å²) in [5, 5.41) is 26.7. The first-order valence-electron chi connectivity index (χ1n) is 9.31. The maximum absolute atomic E-state index is 12.9. The van der Waals surface area contributed by atoms with E-state index in [2.05, 4.69) is 15.4 Å². The van der Waals surface area contributed by atoms with Crippen LogP contribution in [0.2, 0.25) is 0 Å². The fourth-order valence-corrected chi connectivity index (χ4v) is 3.10. The fraction of sp³-hybridized carbons (Fsp3) is 0.200. The zero-order chi connectivity index (χ0) is 22.7. The molecule has 2 aromatic heterocycles. The summed E-state index contributed by atoms with van der Waals surface area (Å²) in [5.41, 5.74) is 1.07. The van der Waals surface area contributed by atoms with Gasteiger partial charge in [-0.15, -0.1) is 5.10 Å². The number of carbonyl (C=O) groups excluding carboxylic acids is 1. The Bertz CT molecular complexity index is 1270. The van der Waals surface area contributed by atoms with Gasteiger partial charge in [-0.1, -0.05) is 0 Å². The second-order valence-electron chi connectivity index (χ2n) is 6.65. The average Bonchev–Trinajstić information content (AvgIpc) is 3.03. The van der Waals surface area contributed by atoms with Crippen LogP contribution >= 0.6 is 0 Å². The van der Waals surface area contributed by atoms with E-state index in [0.29, 0.717) is 23.6 Å². The maximum Gasteiger partial charge on any atom is 0.356 e. The van der Waals surface area contributed by atoms with Crippen molar-refractivity contribution in [2.45, 2.75) is 13.8 Å². The molecule has 31 heavy (non-hydrogen) atoms. The Balaban J connectivity index is 1.93. The zero-order valence-electron chi connectivity index (χ0n) is 17.1. The largest absolute Gasteiger partial charge is 0.476 e. The molecule has 0 aliphatic heterocycles. The molecular formula is C20H20N7O4+. The summed E-state index contributed by atoms with van der Waals surface area (Å²) in [5.74, 6) is -1.68. The van der Waals surface area contributed by atoms with Crippen molar-refractivity contribution >= 4 is 23.3 Å². The number of nitrogens with one attached hydrogen (secondary N) is 1. The van der Waals surface area contributed by atoms with Gasteiger partial charge in [0, 0.05) is 31.4 Å². The predicted molar refractivity (Wildman–Crippen MR) is 110 cm³/mol. The molecule has 1 aromatic carbocycles. The molecule has 158 valence electrons. The molecule has 0 spiro atoms. The second-order valence-corrected chi connectivity index (χ2v) is 6.65. The molecule has 0 aliphatic carbocycles. The number of hydrogen-bond donors (Lipinski definition) is 3. The second kappa shape index (κ2) is 8.60. The van der Waals surface area contributed by atoms with Gasteiger partial charge in [-0.25, -0.2) is 33.9 Å². The number of nitriles is 1. The lowest BCUT2D eigenvalue weighted by molar-refractivity contribution is -0.464. The monoisotopic (exact) mass is 422 g/mol. The quantitative estimate of drug-likeness (QED) is 0.479. The van der Waals surface area contributed by atoms with E-state index < -0.39 is 17.6 Å². The Morgan fingerprint density at radius 1 is 1.29 bits per heavy atom. The van der Waals surface area contributed by atoms with Gasteiger partial charge in [0.25, 0.3) is 0 Å². The number of anilines is 1. The number of pyridine rings is 1. The highest BCUT2D eigenvalue weighted by Crippen LogP contribution is 2.21. The van der Waals surface area contributed by atoms with Gasteiger partial charge in [-0.2, -0.15) is 5.26 Å². The maximum atomic E-state index is 12.9. The highest BCUT2D eigenvalue weighted by atomic mass is 16.4. The smallest absolute Gasteiger partial charge is 0.356 e. The van der Waals surface area contributed by atoms with Crippen LogP contribution in [0.15, 0.2) is 35.1 Å². The highest BCUT2D eigenvalue weighted by Gasteiger charge is 2.24. The van der Waals surface area contributed by atoms with E-state index >= 15 is 0 Å². The number of nitrogens with zero attached hydrogens (tertiary/aromatic N) is 5. The molecule has 0 bridgehead atoms. The predicted octanol–water partition coefficient (Wildman–Crippen LogP) is 0.311. The molecule has 3 rings (SSSR count). The molecular weight excluding hydrogens is 402 g/mol. The van der Waals surface area contributed by atoms with Gasteiger partial charge in [-0.3, -0.25) is 0 Å². The summed E-state index contributed by atoms with van der Waals surface area (Å²) in [6, 6.07) is 9.82. The topological polar surface area (TPSA) is 160 Å². The number of aryl methyl sites for hydroxylation is 2. The van der Waals surface area contributed by atoms with Gasteiger partial charge < -0.3 is 10.4 Å². The number of rotatable bonds is 6. The Labute approximate surface area is 176 Å². The van der Waals surface area contributed by atoms with Crippen LogP contribution in [-0.4, -0.2) is 42.9 Å². The lowest BCUT2D eigenvalue weighted by atomic mass is 10.1. The van der Waals surface area contributed by atoms with Crippen molar-refractivity contribution < 1.29 is 20.0 Å². The molecule has 0 fully saturated rings. The van der Waals surface area contributed by atoms with Crippen molar-refractivity contribution in [2.24, 2.45) is 7.05 Å². The molecule has 0 atom stereocenters. The Hall–Kier alpha value is -4.30. The van der Waals surface area contributed by atoms with E-state index in [1.807, 2.05) is 6.07 Å². The van der Waals surface area contributed by atoms with Crippen molar-refractivity contribution in [2.75, 3.05) is 11.9 Å². The van der Waals surface area contributed by atoms with Gasteiger partial charge in [0.15, 0.2) is 5.69 Å². The number of primary amides is 1. The number of aromatic nitrogens is 4. The minimum Gasteiger partial charge on any atom is -0.476 e. The Morgan fingerprint density at radius 2 is 1.97 bits per heavy atom. The summed E-state index contributed by atoms with van der Waals surface area (Å²) < 4.78 is 2.23. The average molecular weight is 422 g/mol. The van der Waals surface area contributed by atoms with E-state index in [1.54, 1.807) is 38.1 Å². The summed E-state index contributed by atoms with van der Waals surface area (Å²) >= 11 is 0. The molecule has 3 aromatic rings. The number of benzene rings is 1. The van der Waals surface area contributed by atoms with Gasteiger partial charge in [-0.05, 0) is 32.0 Å². The summed E-state index contributed by atoms with van der Waals surface area (Å²) in [6.07, 6.45) is 0. The van der Waals surface area contributed by atoms with Crippen LogP contribution in [0.3, 0.4) is 0 Å². The molecule has 4 N–H and O–H groups in total. The van der Waals surface area contributed by atoms with Crippen LogP contribution in [0.25, 0.3) is 5.69 Å². The van der Waals surface area contributed by atoms with E-state index in [0.717, 1.165) is 4.68 Å². The van der Waals surface area contributed by atoms with Gasteiger partial charge >= 0.3 is 17.6 Å². The minimum atomic E-state index is -1.23. The zero-order valence-corrected chi connectivity index (χ0v) is 17.1. The lowest BCUT2D eigenvalue weighted by Gasteiger charge is -2.12. The van der Waals surface area contributed by atoms with Crippen LogP contribution in [0.1, 0.15) is 39.3 Å². The first-order chi connectivity index (χ1) is 14.8. The van der Waals surface area contributed by atoms with Crippen LogP contribution in [0.4, 0.5) is 11.4 Å². The normalized spacial score (nSPS) is 10.5.